The summed E-state index contributed by atoms with van der Waals surface area (Å²) in [6.45, 7) is 0.934. The molecule has 0 radical (unpaired) electrons. The molecule has 192 valence electrons. The minimum atomic E-state index is -0.440. The number of aromatic nitrogens is 2. The molecule has 0 unspecified atom stereocenters. The molecule has 1 aliphatic heterocycles. The molecule has 0 spiro atoms. The van der Waals surface area contributed by atoms with Crippen LogP contribution in [0, 0.1) is 0 Å². The van der Waals surface area contributed by atoms with Gasteiger partial charge in [0.1, 0.15) is 24.4 Å². The van der Waals surface area contributed by atoms with Gasteiger partial charge in [0.15, 0.2) is 0 Å². The summed E-state index contributed by atoms with van der Waals surface area (Å²) in [5.41, 5.74) is 7.99. The zero-order valence-electron chi connectivity index (χ0n) is 20.1. The minimum absolute atomic E-state index is 0.0745. The number of thiophene rings is 1. The van der Waals surface area contributed by atoms with Gasteiger partial charge in [0.25, 0.3) is 11.8 Å². The van der Waals surface area contributed by atoms with E-state index < -0.39 is 11.8 Å². The molecule has 1 aliphatic rings. The predicted molar refractivity (Wildman–Crippen MR) is 147 cm³/mol. The van der Waals surface area contributed by atoms with Crippen LogP contribution in [-0.2, 0) is 16.1 Å². The second-order valence-corrected chi connectivity index (χ2v) is 10.4. The molecular weight excluding hydrogens is 524 g/mol. The van der Waals surface area contributed by atoms with Crippen molar-refractivity contribution in [1.82, 2.24) is 25.1 Å². The van der Waals surface area contributed by atoms with E-state index >= 15 is 0 Å². The van der Waals surface area contributed by atoms with Crippen molar-refractivity contribution >= 4 is 63.5 Å². The van der Waals surface area contributed by atoms with Crippen LogP contribution >= 0.6 is 22.9 Å². The number of nitrogens with two attached hydrogens (primary N) is 1. The highest BCUT2D eigenvalue weighted by molar-refractivity contribution is 7.17. The van der Waals surface area contributed by atoms with Crippen molar-refractivity contribution in [2.45, 2.75) is 6.54 Å². The standard InChI is InChI=1S/C27H23ClN6O3S/c28-23-9-7-19(38-23)13-22(32-26(36)18-4-2-1-3-5-18)27(37)34-11-10-33(24(35)15-34)14-17-6-8-20-21(12-17)30-16-31-25(20)29/h1-9,12-13,16H,10-11,14-15H2,(H,32,36)(H2,29,30,31). The summed E-state index contributed by atoms with van der Waals surface area (Å²) >= 11 is 7.34. The summed E-state index contributed by atoms with van der Waals surface area (Å²) in [6.07, 6.45) is 2.99. The molecule has 3 heterocycles. The van der Waals surface area contributed by atoms with E-state index in [9.17, 15) is 14.4 Å². The highest BCUT2D eigenvalue weighted by Gasteiger charge is 2.29. The normalized spacial score (nSPS) is 14.1. The number of amides is 3. The van der Waals surface area contributed by atoms with E-state index in [1.165, 1.54) is 22.6 Å². The smallest absolute Gasteiger partial charge is 0.270 e. The maximum absolute atomic E-state index is 13.5. The molecule has 9 nitrogen and oxygen atoms in total. The lowest BCUT2D eigenvalue weighted by molar-refractivity contribution is -0.143. The molecule has 5 rings (SSSR count). The molecule has 2 aromatic carbocycles. The van der Waals surface area contributed by atoms with Crippen LogP contribution in [0.1, 0.15) is 20.8 Å². The van der Waals surface area contributed by atoms with Gasteiger partial charge < -0.3 is 20.9 Å². The number of carbonyl (C=O) groups excluding carboxylic acids is 3. The predicted octanol–water partition coefficient (Wildman–Crippen LogP) is 3.57. The van der Waals surface area contributed by atoms with Gasteiger partial charge in [-0.2, -0.15) is 0 Å². The zero-order chi connectivity index (χ0) is 26.6. The molecule has 11 heteroatoms. The number of hydrogen-bond donors (Lipinski definition) is 2. The van der Waals surface area contributed by atoms with Crippen molar-refractivity contribution in [2.75, 3.05) is 25.4 Å². The van der Waals surface area contributed by atoms with Crippen LogP contribution in [-0.4, -0.2) is 57.1 Å². The fourth-order valence-electron chi connectivity index (χ4n) is 4.14. The number of rotatable bonds is 6. The van der Waals surface area contributed by atoms with Crippen molar-refractivity contribution in [3.63, 3.8) is 0 Å². The maximum Gasteiger partial charge on any atom is 0.270 e. The lowest BCUT2D eigenvalue weighted by Gasteiger charge is -2.34. The molecule has 4 aromatic rings. The number of anilines is 1. The summed E-state index contributed by atoms with van der Waals surface area (Å²) in [5, 5.41) is 3.47. The molecule has 1 fully saturated rings. The average Bonchev–Trinajstić information content (AvgIpc) is 3.34. The summed E-state index contributed by atoms with van der Waals surface area (Å²) in [4.78, 5) is 51.4. The topological polar surface area (TPSA) is 122 Å². The van der Waals surface area contributed by atoms with Crippen LogP contribution < -0.4 is 11.1 Å². The number of hydrogen-bond acceptors (Lipinski definition) is 7. The second kappa shape index (κ2) is 11.0. The summed E-state index contributed by atoms with van der Waals surface area (Å²) in [7, 11) is 0. The first-order valence-electron chi connectivity index (χ1n) is 11.8. The number of nitrogen functional groups attached to an aromatic ring is 1. The van der Waals surface area contributed by atoms with Crippen LogP contribution in [0.25, 0.3) is 17.0 Å². The number of nitrogens with one attached hydrogen (secondary N) is 1. The average molecular weight is 547 g/mol. The third-order valence-electron chi connectivity index (χ3n) is 6.11. The highest BCUT2D eigenvalue weighted by atomic mass is 35.5. The van der Waals surface area contributed by atoms with Gasteiger partial charge in [-0.25, -0.2) is 9.97 Å². The van der Waals surface area contributed by atoms with E-state index in [-0.39, 0.29) is 18.1 Å². The van der Waals surface area contributed by atoms with Gasteiger partial charge in [-0.3, -0.25) is 14.4 Å². The fraction of sp³-hybridized carbons (Fsp3) is 0.148. The van der Waals surface area contributed by atoms with E-state index in [1.54, 1.807) is 53.4 Å². The molecule has 0 saturated carbocycles. The van der Waals surface area contributed by atoms with Crippen molar-refractivity contribution < 1.29 is 14.4 Å². The number of piperazine rings is 1. The summed E-state index contributed by atoms with van der Waals surface area (Å²) in [6, 6.07) is 17.7. The van der Waals surface area contributed by atoms with Crippen molar-refractivity contribution in [3.05, 3.63) is 93.0 Å². The van der Waals surface area contributed by atoms with Gasteiger partial charge in [-0.15, -0.1) is 11.3 Å². The first-order chi connectivity index (χ1) is 18.4. The monoisotopic (exact) mass is 546 g/mol. The van der Waals surface area contributed by atoms with Crippen LogP contribution in [0.5, 0.6) is 0 Å². The van der Waals surface area contributed by atoms with Crippen LogP contribution in [0.2, 0.25) is 4.34 Å². The molecule has 0 bridgehead atoms. The van der Waals surface area contributed by atoms with Gasteiger partial charge >= 0.3 is 0 Å². The maximum atomic E-state index is 13.5. The third kappa shape index (κ3) is 5.66. The first-order valence-corrected chi connectivity index (χ1v) is 13.0. The largest absolute Gasteiger partial charge is 0.383 e. The fourth-order valence-corrected chi connectivity index (χ4v) is 5.15. The van der Waals surface area contributed by atoms with Crippen molar-refractivity contribution in [3.8, 4) is 0 Å². The lowest BCUT2D eigenvalue weighted by Crippen LogP contribution is -2.53. The van der Waals surface area contributed by atoms with Crippen molar-refractivity contribution in [1.29, 1.82) is 0 Å². The highest BCUT2D eigenvalue weighted by Crippen LogP contribution is 2.24. The Morgan fingerprint density at radius 1 is 1.08 bits per heavy atom. The molecule has 3 N–H and O–H groups in total. The minimum Gasteiger partial charge on any atom is -0.383 e. The van der Waals surface area contributed by atoms with Crippen LogP contribution in [0.15, 0.2) is 72.7 Å². The Hall–Kier alpha value is -4.28. The molecule has 0 aliphatic carbocycles. The SMILES string of the molecule is Nc1ncnc2cc(CN3CCN(C(=O)C(=Cc4ccc(Cl)s4)NC(=O)c4ccccc4)CC3=O)ccc12. The van der Waals surface area contributed by atoms with E-state index in [0.717, 1.165) is 10.9 Å². The summed E-state index contributed by atoms with van der Waals surface area (Å²) < 4.78 is 0.559. The Balaban J connectivity index is 1.30. The van der Waals surface area contributed by atoms with Crippen LogP contribution in [0.4, 0.5) is 5.82 Å². The Morgan fingerprint density at radius 2 is 1.89 bits per heavy atom. The number of halogens is 1. The second-order valence-electron chi connectivity index (χ2n) is 8.67. The molecule has 38 heavy (non-hydrogen) atoms. The van der Waals surface area contributed by atoms with E-state index in [1.807, 2.05) is 18.2 Å². The Bertz CT molecular complexity index is 1550. The van der Waals surface area contributed by atoms with Crippen LogP contribution in [0.3, 0.4) is 0 Å². The number of fused-ring (bicyclic) bond motifs is 1. The van der Waals surface area contributed by atoms with Gasteiger partial charge in [-0.1, -0.05) is 35.9 Å². The number of carbonyl (C=O) groups is 3. The Labute approximate surface area is 227 Å². The van der Waals surface area contributed by atoms with E-state index in [0.29, 0.717) is 45.7 Å². The molecular formula is C27H23ClN6O3S. The molecule has 2 aromatic heterocycles. The van der Waals surface area contributed by atoms with Gasteiger partial charge in [0, 0.05) is 35.5 Å². The zero-order valence-corrected chi connectivity index (χ0v) is 21.7. The molecule has 3 amide bonds. The quantitative estimate of drug-likeness (QED) is 0.357. The van der Waals surface area contributed by atoms with Gasteiger partial charge in [0.2, 0.25) is 5.91 Å². The van der Waals surface area contributed by atoms with E-state index in [2.05, 4.69) is 15.3 Å². The molecule has 1 saturated heterocycles. The third-order valence-corrected chi connectivity index (χ3v) is 7.28. The lowest BCUT2D eigenvalue weighted by atomic mass is 10.1. The van der Waals surface area contributed by atoms with Gasteiger partial charge in [0.05, 0.1) is 9.85 Å². The molecule has 0 atom stereocenters. The first kappa shape index (κ1) is 25.4. The number of nitrogens with zero attached hydrogens (tertiary/aromatic N) is 4. The summed E-state index contributed by atoms with van der Waals surface area (Å²) in [5.74, 6) is -0.652. The van der Waals surface area contributed by atoms with Gasteiger partial charge in [-0.05, 0) is 48.0 Å². The van der Waals surface area contributed by atoms with Crippen molar-refractivity contribution in [2.24, 2.45) is 0 Å². The van der Waals surface area contributed by atoms with E-state index in [4.69, 9.17) is 17.3 Å². The Kier molecular flexibility index (Phi) is 7.34. The Morgan fingerprint density at radius 3 is 2.63 bits per heavy atom. The number of benzene rings is 2.